The molecule has 0 aliphatic heterocycles. The van der Waals surface area contributed by atoms with Crippen LogP contribution in [0.1, 0.15) is 18.0 Å². The van der Waals surface area contributed by atoms with Crippen LogP contribution < -0.4 is 5.73 Å². The number of hydrogen-bond donors (Lipinski definition) is 1. The van der Waals surface area contributed by atoms with E-state index in [1.54, 1.807) is 0 Å². The predicted octanol–water partition coefficient (Wildman–Crippen LogP) is 1.28. The topological polar surface area (TPSA) is 43.1 Å². The van der Waals surface area contributed by atoms with Crippen molar-refractivity contribution in [3.63, 3.8) is 0 Å². The van der Waals surface area contributed by atoms with Gasteiger partial charge < -0.3 is 5.73 Å². The van der Waals surface area contributed by atoms with Crippen LogP contribution in [0, 0.1) is 12.3 Å². The lowest BCUT2D eigenvalue weighted by Crippen LogP contribution is -2.20. The Morgan fingerprint density at radius 1 is 1.46 bits per heavy atom. The molecule has 0 amide bonds. The minimum Gasteiger partial charge on any atom is -0.318 e. The number of rotatable bonds is 3. The molecule has 2 heteroatoms. The van der Waals surface area contributed by atoms with E-state index in [4.69, 9.17) is 12.2 Å². The molecule has 1 aromatic carbocycles. The van der Waals surface area contributed by atoms with Crippen LogP contribution in [-0.4, -0.2) is 5.78 Å². The summed E-state index contributed by atoms with van der Waals surface area (Å²) in [5.74, 6) is 2.17. The summed E-state index contributed by atoms with van der Waals surface area (Å²) in [6, 6.07) is 8.62. The van der Waals surface area contributed by atoms with E-state index in [0.29, 0.717) is 0 Å². The van der Waals surface area contributed by atoms with E-state index in [0.717, 1.165) is 5.56 Å². The number of nitrogens with two attached hydrogens (primary N) is 1. The smallest absolute Gasteiger partial charge is 0.165 e. The van der Waals surface area contributed by atoms with Gasteiger partial charge in [0.05, 0.1) is 12.5 Å². The first-order valence-electron chi connectivity index (χ1n) is 4.02. The molecule has 0 aliphatic carbocycles. The van der Waals surface area contributed by atoms with Crippen LogP contribution >= 0.6 is 0 Å². The van der Waals surface area contributed by atoms with Crippen LogP contribution in [0.2, 0.25) is 0 Å². The van der Waals surface area contributed by atoms with Gasteiger partial charge in [0.15, 0.2) is 5.78 Å². The predicted molar refractivity (Wildman–Crippen MR) is 51.8 cm³/mol. The van der Waals surface area contributed by atoms with Gasteiger partial charge >= 0.3 is 0 Å². The Hall–Kier alpha value is -1.59. The molecule has 1 atom stereocenters. The average molecular weight is 173 g/mol. The molecular formula is C11H11NO. The Kier molecular flexibility index (Phi) is 3.24. The zero-order valence-corrected chi connectivity index (χ0v) is 7.23. The first kappa shape index (κ1) is 9.50. The Labute approximate surface area is 77.8 Å². The molecule has 0 bridgehead atoms. The molecule has 0 spiro atoms. The lowest BCUT2D eigenvalue weighted by Gasteiger charge is -2.08. The van der Waals surface area contributed by atoms with Gasteiger partial charge in [-0.25, -0.2) is 0 Å². The average Bonchev–Trinajstić information content (AvgIpc) is 2.18. The molecule has 0 unspecified atom stereocenters. The molecule has 0 fully saturated rings. The summed E-state index contributed by atoms with van der Waals surface area (Å²) in [6.45, 7) is 0. The molecule has 13 heavy (non-hydrogen) atoms. The number of benzene rings is 1. The number of ketones is 1. The summed E-state index contributed by atoms with van der Waals surface area (Å²) in [4.78, 5) is 11.3. The lowest BCUT2D eigenvalue weighted by atomic mass is 10.0. The second kappa shape index (κ2) is 4.44. The Balaban J connectivity index is 2.75. The summed E-state index contributed by atoms with van der Waals surface area (Å²) in [6.07, 6.45) is 5.11. The molecule has 0 saturated heterocycles. The van der Waals surface area contributed by atoms with E-state index in [9.17, 15) is 4.79 Å². The van der Waals surface area contributed by atoms with Crippen molar-refractivity contribution in [3.8, 4) is 12.3 Å². The normalized spacial score (nSPS) is 11.7. The van der Waals surface area contributed by atoms with E-state index in [1.807, 2.05) is 30.3 Å². The quantitative estimate of drug-likeness (QED) is 0.700. The van der Waals surface area contributed by atoms with Crippen molar-refractivity contribution in [1.29, 1.82) is 0 Å². The second-order valence-electron chi connectivity index (χ2n) is 2.74. The third-order valence-corrected chi connectivity index (χ3v) is 1.78. The number of hydrogen-bond acceptors (Lipinski definition) is 2. The molecule has 0 aliphatic rings. The van der Waals surface area contributed by atoms with Crippen LogP contribution in [-0.2, 0) is 4.79 Å². The zero-order valence-electron chi connectivity index (χ0n) is 7.23. The Morgan fingerprint density at radius 3 is 2.62 bits per heavy atom. The first-order chi connectivity index (χ1) is 6.25. The van der Waals surface area contributed by atoms with E-state index < -0.39 is 6.04 Å². The van der Waals surface area contributed by atoms with E-state index in [1.165, 1.54) is 0 Å². The third kappa shape index (κ3) is 2.43. The molecule has 2 nitrogen and oxygen atoms in total. The molecule has 0 radical (unpaired) electrons. The van der Waals surface area contributed by atoms with Gasteiger partial charge in [-0.05, 0) is 5.56 Å². The van der Waals surface area contributed by atoms with Gasteiger partial charge in [-0.3, -0.25) is 4.79 Å². The third-order valence-electron chi connectivity index (χ3n) is 1.78. The maximum atomic E-state index is 11.3. The summed E-state index contributed by atoms with van der Waals surface area (Å²) < 4.78 is 0. The number of carbonyl (C=O) groups is 1. The fourth-order valence-electron chi connectivity index (χ4n) is 1.06. The van der Waals surface area contributed by atoms with E-state index in [-0.39, 0.29) is 12.2 Å². The minimum atomic E-state index is -0.586. The van der Waals surface area contributed by atoms with Gasteiger partial charge in [0.25, 0.3) is 0 Å². The van der Waals surface area contributed by atoms with Crippen molar-refractivity contribution >= 4 is 5.78 Å². The van der Waals surface area contributed by atoms with Crippen LogP contribution in [0.5, 0.6) is 0 Å². The summed E-state index contributed by atoms with van der Waals surface area (Å²) in [7, 11) is 0. The maximum absolute atomic E-state index is 11.3. The molecule has 66 valence electrons. The van der Waals surface area contributed by atoms with Gasteiger partial charge in [-0.15, -0.1) is 6.42 Å². The van der Waals surface area contributed by atoms with Crippen molar-refractivity contribution in [2.75, 3.05) is 0 Å². The fourth-order valence-corrected chi connectivity index (χ4v) is 1.06. The number of Topliss-reactive ketones (excluding diaryl/α,β-unsaturated/α-hetero) is 1. The van der Waals surface area contributed by atoms with Crippen molar-refractivity contribution < 1.29 is 4.79 Å². The Morgan fingerprint density at radius 2 is 2.08 bits per heavy atom. The SMILES string of the molecule is C#CCC(=O)[C@H](N)c1ccccc1. The van der Waals surface area contributed by atoms with Crippen molar-refractivity contribution in [1.82, 2.24) is 0 Å². The summed E-state index contributed by atoms with van der Waals surface area (Å²) in [5, 5.41) is 0. The minimum absolute atomic E-state index is 0.0933. The van der Waals surface area contributed by atoms with Gasteiger partial charge in [0.2, 0.25) is 0 Å². The van der Waals surface area contributed by atoms with Gasteiger partial charge in [0, 0.05) is 0 Å². The van der Waals surface area contributed by atoms with Crippen molar-refractivity contribution in [3.05, 3.63) is 35.9 Å². The van der Waals surface area contributed by atoms with Gasteiger partial charge in [0.1, 0.15) is 0 Å². The van der Waals surface area contributed by atoms with E-state index in [2.05, 4.69) is 5.92 Å². The fraction of sp³-hybridized carbons (Fsp3) is 0.182. The highest BCUT2D eigenvalue weighted by molar-refractivity contribution is 5.86. The molecule has 1 rings (SSSR count). The largest absolute Gasteiger partial charge is 0.318 e. The maximum Gasteiger partial charge on any atom is 0.165 e. The van der Waals surface area contributed by atoms with Crippen LogP contribution in [0.15, 0.2) is 30.3 Å². The molecule has 2 N–H and O–H groups in total. The zero-order chi connectivity index (χ0) is 9.68. The standard InChI is InChI=1S/C11H11NO/c1-2-6-10(13)11(12)9-7-4-3-5-8-9/h1,3-5,7-8,11H,6,12H2/t11-/m1/s1. The van der Waals surface area contributed by atoms with Crippen molar-refractivity contribution in [2.24, 2.45) is 5.73 Å². The van der Waals surface area contributed by atoms with Crippen LogP contribution in [0.25, 0.3) is 0 Å². The lowest BCUT2D eigenvalue weighted by molar-refractivity contribution is -0.119. The van der Waals surface area contributed by atoms with E-state index >= 15 is 0 Å². The molecule has 0 aromatic heterocycles. The Bertz CT molecular complexity index is 324. The van der Waals surface area contributed by atoms with Crippen LogP contribution in [0.4, 0.5) is 0 Å². The summed E-state index contributed by atoms with van der Waals surface area (Å²) in [5.41, 5.74) is 6.49. The molecule has 0 heterocycles. The van der Waals surface area contributed by atoms with Gasteiger partial charge in [-0.1, -0.05) is 36.3 Å². The highest BCUT2D eigenvalue weighted by Crippen LogP contribution is 2.11. The first-order valence-corrected chi connectivity index (χ1v) is 4.02. The number of carbonyl (C=O) groups excluding carboxylic acids is 1. The van der Waals surface area contributed by atoms with Gasteiger partial charge in [-0.2, -0.15) is 0 Å². The molecule has 0 saturated carbocycles. The second-order valence-corrected chi connectivity index (χ2v) is 2.74. The van der Waals surface area contributed by atoms with Crippen molar-refractivity contribution in [2.45, 2.75) is 12.5 Å². The highest BCUT2D eigenvalue weighted by atomic mass is 16.1. The molecular weight excluding hydrogens is 162 g/mol. The number of terminal acetylenes is 1. The highest BCUT2D eigenvalue weighted by Gasteiger charge is 2.13. The monoisotopic (exact) mass is 173 g/mol. The molecule has 1 aromatic rings. The summed E-state index contributed by atoms with van der Waals surface area (Å²) >= 11 is 0. The van der Waals surface area contributed by atoms with Crippen LogP contribution in [0.3, 0.4) is 0 Å².